The third kappa shape index (κ3) is 1.46. The SMILES string of the molecule is Cc1ccc(-n2c(O)nnc2S)cc1. The van der Waals surface area contributed by atoms with Crippen molar-refractivity contribution in [1.82, 2.24) is 14.8 Å². The van der Waals surface area contributed by atoms with Crippen LogP contribution in [0.1, 0.15) is 5.56 Å². The minimum absolute atomic E-state index is 0.154. The second kappa shape index (κ2) is 3.34. The Hall–Kier alpha value is -1.49. The summed E-state index contributed by atoms with van der Waals surface area (Å²) in [6.07, 6.45) is 0. The Morgan fingerprint density at radius 3 is 2.36 bits per heavy atom. The Morgan fingerprint density at radius 2 is 1.86 bits per heavy atom. The third-order valence-corrected chi connectivity index (χ3v) is 2.21. The minimum Gasteiger partial charge on any atom is -0.479 e. The lowest BCUT2D eigenvalue weighted by atomic mass is 10.2. The van der Waals surface area contributed by atoms with E-state index in [0.717, 1.165) is 11.3 Å². The van der Waals surface area contributed by atoms with Crippen molar-refractivity contribution in [2.75, 3.05) is 0 Å². The number of aryl methyl sites for hydroxylation is 1. The summed E-state index contributed by atoms with van der Waals surface area (Å²) < 4.78 is 1.46. The van der Waals surface area contributed by atoms with E-state index >= 15 is 0 Å². The van der Waals surface area contributed by atoms with Gasteiger partial charge in [0.25, 0.3) is 0 Å². The Labute approximate surface area is 86.6 Å². The fraction of sp³-hybridized carbons (Fsp3) is 0.111. The highest BCUT2D eigenvalue weighted by molar-refractivity contribution is 7.80. The van der Waals surface area contributed by atoms with Crippen LogP contribution in [-0.2, 0) is 0 Å². The van der Waals surface area contributed by atoms with Crippen LogP contribution < -0.4 is 0 Å². The molecule has 2 rings (SSSR count). The Bertz CT molecular complexity index is 430. The van der Waals surface area contributed by atoms with Gasteiger partial charge in [0.1, 0.15) is 0 Å². The van der Waals surface area contributed by atoms with Crippen molar-refractivity contribution in [3.8, 4) is 11.7 Å². The van der Waals surface area contributed by atoms with E-state index in [0.29, 0.717) is 5.16 Å². The number of aromatic nitrogens is 3. The number of hydrogen-bond acceptors (Lipinski definition) is 4. The van der Waals surface area contributed by atoms with Crippen LogP contribution in [0.25, 0.3) is 5.69 Å². The fourth-order valence-corrected chi connectivity index (χ4v) is 1.44. The van der Waals surface area contributed by atoms with E-state index in [-0.39, 0.29) is 6.01 Å². The summed E-state index contributed by atoms with van der Waals surface area (Å²) in [6.45, 7) is 2.00. The Kier molecular flexibility index (Phi) is 2.17. The molecule has 0 aliphatic heterocycles. The van der Waals surface area contributed by atoms with Gasteiger partial charge in [-0.3, -0.25) is 0 Å². The van der Waals surface area contributed by atoms with Crippen LogP contribution in [0.2, 0.25) is 0 Å². The summed E-state index contributed by atoms with van der Waals surface area (Å²) in [6, 6.07) is 7.49. The maximum Gasteiger partial charge on any atom is 0.319 e. The number of aromatic hydroxyl groups is 1. The van der Waals surface area contributed by atoms with Gasteiger partial charge in [0, 0.05) is 0 Å². The first-order valence-corrected chi connectivity index (χ1v) is 4.53. The molecule has 0 saturated carbocycles. The molecule has 0 unspecified atom stereocenters. The first-order valence-electron chi connectivity index (χ1n) is 4.09. The quantitative estimate of drug-likeness (QED) is 0.698. The van der Waals surface area contributed by atoms with Crippen LogP contribution in [0.3, 0.4) is 0 Å². The standard InChI is InChI=1S/C9H9N3OS/c1-6-2-4-7(5-3-6)12-8(13)10-11-9(12)14/h2-5H,1H3,(H,10,13)(H,11,14). The molecule has 4 nitrogen and oxygen atoms in total. The molecule has 2 aromatic rings. The highest BCUT2D eigenvalue weighted by Gasteiger charge is 2.08. The predicted molar refractivity (Wildman–Crippen MR) is 55.0 cm³/mol. The molecular formula is C9H9N3OS. The van der Waals surface area contributed by atoms with Gasteiger partial charge in [-0.25, -0.2) is 4.57 Å². The molecule has 0 aliphatic rings. The number of thiol groups is 1. The molecule has 14 heavy (non-hydrogen) atoms. The van der Waals surface area contributed by atoms with Gasteiger partial charge in [-0.15, -0.1) is 17.7 Å². The average molecular weight is 207 g/mol. The van der Waals surface area contributed by atoms with Crippen molar-refractivity contribution in [2.24, 2.45) is 0 Å². The van der Waals surface area contributed by atoms with Crippen LogP contribution >= 0.6 is 12.6 Å². The molecule has 0 radical (unpaired) electrons. The van der Waals surface area contributed by atoms with E-state index in [4.69, 9.17) is 0 Å². The lowest BCUT2D eigenvalue weighted by Crippen LogP contribution is -1.93. The van der Waals surface area contributed by atoms with E-state index in [2.05, 4.69) is 22.8 Å². The third-order valence-electron chi connectivity index (χ3n) is 1.92. The smallest absolute Gasteiger partial charge is 0.319 e. The van der Waals surface area contributed by atoms with Crippen LogP contribution in [0.5, 0.6) is 6.01 Å². The van der Waals surface area contributed by atoms with Crippen LogP contribution in [0, 0.1) is 6.92 Å². The maximum atomic E-state index is 9.39. The van der Waals surface area contributed by atoms with Crippen molar-refractivity contribution < 1.29 is 5.11 Å². The second-order valence-electron chi connectivity index (χ2n) is 2.97. The Morgan fingerprint density at radius 1 is 1.21 bits per heavy atom. The normalized spacial score (nSPS) is 10.4. The summed E-state index contributed by atoms with van der Waals surface area (Å²) in [5, 5.41) is 16.9. The topological polar surface area (TPSA) is 50.9 Å². The summed E-state index contributed by atoms with van der Waals surface area (Å²) >= 11 is 4.09. The Balaban J connectivity index is 2.54. The van der Waals surface area contributed by atoms with Gasteiger partial charge in [-0.05, 0) is 19.1 Å². The zero-order chi connectivity index (χ0) is 10.1. The van der Waals surface area contributed by atoms with E-state index in [9.17, 15) is 5.11 Å². The highest BCUT2D eigenvalue weighted by Crippen LogP contribution is 2.19. The van der Waals surface area contributed by atoms with E-state index < -0.39 is 0 Å². The first-order chi connectivity index (χ1) is 6.68. The molecule has 1 aromatic heterocycles. The zero-order valence-electron chi connectivity index (χ0n) is 7.55. The molecule has 72 valence electrons. The van der Waals surface area contributed by atoms with Gasteiger partial charge in [0.2, 0.25) is 0 Å². The molecular weight excluding hydrogens is 198 g/mol. The molecule has 0 atom stereocenters. The predicted octanol–water partition coefficient (Wildman–Crippen LogP) is 1.57. The maximum absolute atomic E-state index is 9.39. The zero-order valence-corrected chi connectivity index (χ0v) is 8.44. The summed E-state index contributed by atoms with van der Waals surface area (Å²) in [7, 11) is 0. The molecule has 0 amide bonds. The van der Waals surface area contributed by atoms with E-state index in [1.807, 2.05) is 31.2 Å². The summed E-state index contributed by atoms with van der Waals surface area (Å²) in [5.41, 5.74) is 1.95. The van der Waals surface area contributed by atoms with Crippen molar-refractivity contribution in [1.29, 1.82) is 0 Å². The fourth-order valence-electron chi connectivity index (χ4n) is 1.19. The molecule has 0 spiro atoms. The molecule has 0 saturated heterocycles. The molecule has 1 heterocycles. The molecule has 1 N–H and O–H groups in total. The van der Waals surface area contributed by atoms with Crippen molar-refractivity contribution in [3.63, 3.8) is 0 Å². The van der Waals surface area contributed by atoms with E-state index in [1.54, 1.807) is 0 Å². The van der Waals surface area contributed by atoms with Crippen LogP contribution in [0.4, 0.5) is 0 Å². The van der Waals surface area contributed by atoms with Crippen molar-refractivity contribution in [3.05, 3.63) is 29.8 Å². The summed E-state index contributed by atoms with van der Waals surface area (Å²) in [5.74, 6) is 0. The van der Waals surface area contributed by atoms with Crippen LogP contribution in [-0.4, -0.2) is 19.9 Å². The van der Waals surface area contributed by atoms with Crippen LogP contribution in [0.15, 0.2) is 29.4 Å². The molecule has 5 heteroatoms. The van der Waals surface area contributed by atoms with Gasteiger partial charge in [0.15, 0.2) is 5.16 Å². The number of nitrogens with zero attached hydrogens (tertiary/aromatic N) is 3. The van der Waals surface area contributed by atoms with Crippen molar-refractivity contribution in [2.45, 2.75) is 12.1 Å². The highest BCUT2D eigenvalue weighted by atomic mass is 32.1. The lowest BCUT2D eigenvalue weighted by Gasteiger charge is -2.03. The molecule has 1 aromatic carbocycles. The average Bonchev–Trinajstić information content (AvgIpc) is 2.49. The molecule has 0 aliphatic carbocycles. The van der Waals surface area contributed by atoms with E-state index in [1.165, 1.54) is 4.57 Å². The largest absolute Gasteiger partial charge is 0.479 e. The molecule has 0 bridgehead atoms. The van der Waals surface area contributed by atoms with Gasteiger partial charge in [-0.1, -0.05) is 22.8 Å². The monoisotopic (exact) mass is 207 g/mol. The number of hydrogen-bond donors (Lipinski definition) is 2. The number of benzene rings is 1. The summed E-state index contributed by atoms with van der Waals surface area (Å²) in [4.78, 5) is 0. The van der Waals surface area contributed by atoms with Gasteiger partial charge in [-0.2, -0.15) is 0 Å². The first kappa shape index (κ1) is 9.08. The molecule has 0 fully saturated rings. The minimum atomic E-state index is -0.154. The number of rotatable bonds is 1. The second-order valence-corrected chi connectivity index (χ2v) is 3.37. The van der Waals surface area contributed by atoms with Gasteiger partial charge >= 0.3 is 6.01 Å². The van der Waals surface area contributed by atoms with Crippen molar-refractivity contribution >= 4 is 12.6 Å². The lowest BCUT2D eigenvalue weighted by molar-refractivity contribution is 0.417. The van der Waals surface area contributed by atoms with Gasteiger partial charge in [0.05, 0.1) is 5.69 Å². The van der Waals surface area contributed by atoms with Gasteiger partial charge < -0.3 is 5.11 Å².